The highest BCUT2D eigenvalue weighted by atomic mass is 79.9. The van der Waals surface area contributed by atoms with Crippen LogP contribution < -0.4 is 0 Å². The zero-order valence-corrected chi connectivity index (χ0v) is 11.4. The molecule has 0 unspecified atom stereocenters. The zero-order valence-electron chi connectivity index (χ0n) is 8.96. The average Bonchev–Trinajstić information content (AvgIpc) is 2.03. The van der Waals surface area contributed by atoms with Crippen molar-refractivity contribution < 1.29 is 8.42 Å². The molecule has 0 aliphatic carbocycles. The van der Waals surface area contributed by atoms with Crippen LogP contribution in [0, 0.1) is 0 Å². The molecule has 0 amide bonds. The quantitative estimate of drug-likeness (QED) is 0.690. The Morgan fingerprint density at radius 1 is 1.21 bits per heavy atom. The molecule has 14 heavy (non-hydrogen) atoms. The molecule has 0 radical (unpaired) electrons. The molecule has 0 bridgehead atoms. The molecule has 1 aliphatic heterocycles. The lowest BCUT2D eigenvalue weighted by atomic mass is 10.2. The molecule has 0 atom stereocenters. The van der Waals surface area contributed by atoms with Crippen molar-refractivity contribution in [1.29, 1.82) is 0 Å². The zero-order chi connectivity index (χ0) is 11.0. The molecule has 0 aromatic heterocycles. The Kier molecular flexibility index (Phi) is 3.65. The molecule has 1 aliphatic rings. The van der Waals surface area contributed by atoms with Gasteiger partial charge in [-0.2, -0.15) is 0 Å². The molecular weight excluding hydrogens is 266 g/mol. The molecule has 1 fully saturated rings. The van der Waals surface area contributed by atoms with Gasteiger partial charge in [0.25, 0.3) is 0 Å². The van der Waals surface area contributed by atoms with E-state index in [4.69, 9.17) is 0 Å². The van der Waals surface area contributed by atoms with E-state index in [2.05, 4.69) is 15.9 Å². The lowest BCUT2D eigenvalue weighted by Crippen LogP contribution is -2.46. The van der Waals surface area contributed by atoms with Gasteiger partial charge >= 0.3 is 0 Å². The number of hydrogen-bond donors (Lipinski definition) is 0. The summed E-state index contributed by atoms with van der Waals surface area (Å²) in [5.74, 6) is 0. The minimum atomic E-state index is -3.11. The average molecular weight is 284 g/mol. The summed E-state index contributed by atoms with van der Waals surface area (Å²) in [5, 5.41) is 0. The van der Waals surface area contributed by atoms with E-state index >= 15 is 0 Å². The number of rotatable bonds is 1. The van der Waals surface area contributed by atoms with Gasteiger partial charge in [-0.3, -0.25) is 0 Å². The van der Waals surface area contributed by atoms with Gasteiger partial charge in [-0.1, -0.05) is 15.9 Å². The van der Waals surface area contributed by atoms with Gasteiger partial charge in [0.2, 0.25) is 10.0 Å². The van der Waals surface area contributed by atoms with Gasteiger partial charge in [0, 0.05) is 17.9 Å². The van der Waals surface area contributed by atoms with E-state index in [-0.39, 0.29) is 0 Å². The highest BCUT2D eigenvalue weighted by molar-refractivity contribution is 9.09. The monoisotopic (exact) mass is 283 g/mol. The topological polar surface area (TPSA) is 37.4 Å². The van der Waals surface area contributed by atoms with Crippen molar-refractivity contribution >= 4 is 26.0 Å². The first kappa shape index (κ1) is 12.5. The maximum absolute atomic E-state index is 12.0. The molecule has 0 N–H and O–H groups in total. The predicted octanol–water partition coefficient (Wildman–Crippen LogP) is 1.97. The summed E-state index contributed by atoms with van der Waals surface area (Å²) in [7, 11) is -3.11. The summed E-state index contributed by atoms with van der Waals surface area (Å²) in [6, 6.07) is 0. The molecule has 0 aromatic carbocycles. The standard InChI is InChI=1S/C9H18BrNO2S/c1-9(2,3)14(12,13)11-6-4-8(10)5-7-11/h8H,4-7H2,1-3H3. The molecule has 0 aromatic rings. The van der Waals surface area contributed by atoms with Crippen LogP contribution in [0.5, 0.6) is 0 Å². The van der Waals surface area contributed by atoms with E-state index in [1.807, 2.05) is 0 Å². The Bertz CT molecular complexity index is 286. The van der Waals surface area contributed by atoms with Crippen molar-refractivity contribution in [2.24, 2.45) is 0 Å². The van der Waals surface area contributed by atoms with Gasteiger partial charge in [-0.15, -0.1) is 0 Å². The normalized spacial score (nSPS) is 22.6. The summed E-state index contributed by atoms with van der Waals surface area (Å²) in [6.45, 7) is 6.55. The van der Waals surface area contributed by atoms with E-state index in [0.29, 0.717) is 17.9 Å². The largest absolute Gasteiger partial charge is 0.219 e. The summed E-state index contributed by atoms with van der Waals surface area (Å²) in [5.41, 5.74) is 0. The van der Waals surface area contributed by atoms with E-state index < -0.39 is 14.8 Å². The van der Waals surface area contributed by atoms with Crippen LogP contribution >= 0.6 is 15.9 Å². The fourth-order valence-electron chi connectivity index (χ4n) is 1.45. The summed E-state index contributed by atoms with van der Waals surface area (Å²) in [6.07, 6.45) is 1.82. The maximum atomic E-state index is 12.0. The minimum absolute atomic E-state index is 0.480. The van der Waals surface area contributed by atoms with E-state index in [9.17, 15) is 8.42 Å². The summed E-state index contributed by atoms with van der Waals surface area (Å²) >= 11 is 3.51. The third kappa shape index (κ3) is 2.49. The van der Waals surface area contributed by atoms with Crippen molar-refractivity contribution in [1.82, 2.24) is 4.31 Å². The van der Waals surface area contributed by atoms with Gasteiger partial charge in [0.15, 0.2) is 0 Å². The Morgan fingerprint density at radius 3 is 2.00 bits per heavy atom. The number of alkyl halides is 1. The van der Waals surface area contributed by atoms with Crippen LogP contribution in [0.1, 0.15) is 33.6 Å². The second kappa shape index (κ2) is 4.10. The number of halogens is 1. The lowest BCUT2D eigenvalue weighted by molar-refractivity contribution is 0.344. The molecule has 1 saturated heterocycles. The SMILES string of the molecule is CC(C)(C)S(=O)(=O)N1CCC(Br)CC1. The van der Waals surface area contributed by atoms with E-state index in [0.717, 1.165) is 12.8 Å². The number of piperidine rings is 1. The molecule has 0 spiro atoms. The molecular formula is C9H18BrNO2S. The first-order chi connectivity index (χ1) is 6.25. The lowest BCUT2D eigenvalue weighted by Gasteiger charge is -2.33. The van der Waals surface area contributed by atoms with Crippen molar-refractivity contribution in [3.8, 4) is 0 Å². The van der Waals surface area contributed by atoms with E-state index in [1.54, 1.807) is 25.1 Å². The highest BCUT2D eigenvalue weighted by Gasteiger charge is 2.36. The number of nitrogens with zero attached hydrogens (tertiary/aromatic N) is 1. The third-order valence-corrected chi connectivity index (χ3v) is 6.01. The number of sulfonamides is 1. The Balaban J connectivity index is 2.76. The van der Waals surface area contributed by atoms with Crippen molar-refractivity contribution in [2.45, 2.75) is 43.2 Å². The van der Waals surface area contributed by atoms with Crippen LogP contribution in [0.3, 0.4) is 0 Å². The van der Waals surface area contributed by atoms with Crippen LogP contribution in [0.15, 0.2) is 0 Å². The van der Waals surface area contributed by atoms with Crippen LogP contribution in [0.2, 0.25) is 0 Å². The fraction of sp³-hybridized carbons (Fsp3) is 1.00. The van der Waals surface area contributed by atoms with Crippen molar-refractivity contribution in [3.05, 3.63) is 0 Å². The van der Waals surface area contributed by atoms with Crippen molar-refractivity contribution in [3.63, 3.8) is 0 Å². The molecule has 1 heterocycles. The Morgan fingerprint density at radius 2 is 1.64 bits per heavy atom. The van der Waals surface area contributed by atoms with Crippen LogP contribution in [0.4, 0.5) is 0 Å². The fourth-order valence-corrected chi connectivity index (χ4v) is 3.33. The summed E-state index contributed by atoms with van der Waals surface area (Å²) < 4.78 is 25.0. The minimum Gasteiger partial charge on any atom is -0.212 e. The van der Waals surface area contributed by atoms with Crippen molar-refractivity contribution in [2.75, 3.05) is 13.1 Å². The first-order valence-electron chi connectivity index (χ1n) is 4.89. The summed E-state index contributed by atoms with van der Waals surface area (Å²) in [4.78, 5) is 0.480. The Labute approximate surface area is 95.0 Å². The molecule has 0 saturated carbocycles. The van der Waals surface area contributed by atoms with Gasteiger partial charge in [0.1, 0.15) is 0 Å². The molecule has 84 valence electrons. The van der Waals surface area contributed by atoms with Crippen LogP contribution in [-0.4, -0.2) is 35.4 Å². The smallest absolute Gasteiger partial charge is 0.212 e. The van der Waals surface area contributed by atoms with Crippen LogP contribution in [0.25, 0.3) is 0 Å². The van der Waals surface area contributed by atoms with Gasteiger partial charge in [-0.05, 0) is 33.6 Å². The van der Waals surface area contributed by atoms with Gasteiger partial charge in [0.05, 0.1) is 4.75 Å². The third-order valence-electron chi connectivity index (χ3n) is 2.50. The molecule has 1 rings (SSSR count). The Hall–Kier alpha value is 0.390. The second-order valence-corrected chi connectivity index (χ2v) is 8.68. The predicted molar refractivity (Wildman–Crippen MR) is 62.2 cm³/mol. The molecule has 3 nitrogen and oxygen atoms in total. The molecule has 5 heteroatoms. The van der Waals surface area contributed by atoms with E-state index in [1.165, 1.54) is 0 Å². The highest BCUT2D eigenvalue weighted by Crippen LogP contribution is 2.25. The second-order valence-electron chi connectivity index (χ2n) is 4.69. The maximum Gasteiger partial charge on any atom is 0.219 e. The number of hydrogen-bond acceptors (Lipinski definition) is 2. The van der Waals surface area contributed by atoms with Gasteiger partial charge < -0.3 is 0 Å². The van der Waals surface area contributed by atoms with Gasteiger partial charge in [-0.25, -0.2) is 12.7 Å². The van der Waals surface area contributed by atoms with Crippen LogP contribution in [-0.2, 0) is 10.0 Å². The first-order valence-corrected chi connectivity index (χ1v) is 7.24.